The van der Waals surface area contributed by atoms with Crippen LogP contribution in [0, 0.1) is 0 Å². The number of benzene rings is 2. The summed E-state index contributed by atoms with van der Waals surface area (Å²) in [6, 6.07) is 12.7. The fraction of sp³-hybridized carbons (Fsp3) is 0.364. The minimum absolute atomic E-state index is 0.0363. The van der Waals surface area contributed by atoms with Crippen LogP contribution in [-0.4, -0.2) is 58.2 Å². The molecular formula is C22H28N2O5. The lowest BCUT2D eigenvalue weighted by molar-refractivity contribution is -0.129. The zero-order valence-electron chi connectivity index (χ0n) is 17.4. The Morgan fingerprint density at radius 3 is 2.31 bits per heavy atom. The molecule has 0 radical (unpaired) electrons. The van der Waals surface area contributed by atoms with E-state index in [1.54, 1.807) is 50.4 Å². The lowest BCUT2D eigenvalue weighted by atomic mass is 10.1. The van der Waals surface area contributed by atoms with Crippen LogP contribution in [0.3, 0.4) is 0 Å². The molecule has 2 aromatic rings. The quantitative estimate of drug-likeness (QED) is 0.663. The second-order valence-corrected chi connectivity index (χ2v) is 6.46. The topological polar surface area (TPSA) is 77.1 Å². The molecule has 0 aromatic heterocycles. The summed E-state index contributed by atoms with van der Waals surface area (Å²) in [5, 5.41) is 2.76. The SMILES string of the molecule is COc1ccc(CCN(C)C(=O)CCNC(=O)c2ccccc2OC)cc1OC. The standard InChI is InChI=1S/C22H28N2O5/c1-24(14-12-16-9-10-19(28-3)20(15-16)29-4)21(25)11-13-23-22(26)17-7-5-6-8-18(17)27-2/h5-10,15H,11-14H2,1-4H3,(H,23,26). The average molecular weight is 400 g/mol. The van der Waals surface area contributed by atoms with Crippen molar-refractivity contribution in [1.82, 2.24) is 10.2 Å². The van der Waals surface area contributed by atoms with E-state index in [2.05, 4.69) is 5.32 Å². The zero-order chi connectivity index (χ0) is 21.2. The first-order valence-corrected chi connectivity index (χ1v) is 9.36. The van der Waals surface area contributed by atoms with Gasteiger partial charge < -0.3 is 24.4 Å². The second-order valence-electron chi connectivity index (χ2n) is 6.46. The van der Waals surface area contributed by atoms with E-state index in [0.717, 1.165) is 5.56 Å². The summed E-state index contributed by atoms with van der Waals surface area (Å²) in [4.78, 5) is 26.3. The van der Waals surface area contributed by atoms with Crippen molar-refractivity contribution in [3.8, 4) is 17.2 Å². The van der Waals surface area contributed by atoms with Crippen LogP contribution in [0.4, 0.5) is 0 Å². The molecule has 2 rings (SSSR count). The number of carbonyl (C=O) groups excluding carboxylic acids is 2. The van der Waals surface area contributed by atoms with Crippen LogP contribution >= 0.6 is 0 Å². The Bertz CT molecular complexity index is 838. The molecule has 0 saturated carbocycles. The van der Waals surface area contributed by atoms with Crippen molar-refractivity contribution in [2.24, 2.45) is 0 Å². The third kappa shape index (κ3) is 6.14. The molecule has 0 fully saturated rings. The van der Waals surface area contributed by atoms with Crippen LogP contribution in [-0.2, 0) is 11.2 Å². The third-order valence-electron chi connectivity index (χ3n) is 4.59. The van der Waals surface area contributed by atoms with Crippen molar-refractivity contribution in [1.29, 1.82) is 0 Å². The molecule has 0 bridgehead atoms. The molecule has 0 aliphatic rings. The van der Waals surface area contributed by atoms with Gasteiger partial charge in [0.1, 0.15) is 5.75 Å². The van der Waals surface area contributed by atoms with Crippen molar-refractivity contribution in [3.05, 3.63) is 53.6 Å². The number of para-hydroxylation sites is 1. The highest BCUT2D eigenvalue weighted by molar-refractivity contribution is 5.97. The van der Waals surface area contributed by atoms with Gasteiger partial charge in [-0.3, -0.25) is 9.59 Å². The van der Waals surface area contributed by atoms with Gasteiger partial charge >= 0.3 is 0 Å². The fourth-order valence-corrected chi connectivity index (χ4v) is 2.86. The molecule has 156 valence electrons. The van der Waals surface area contributed by atoms with Crippen molar-refractivity contribution in [2.45, 2.75) is 12.8 Å². The smallest absolute Gasteiger partial charge is 0.255 e. The van der Waals surface area contributed by atoms with Gasteiger partial charge in [0.15, 0.2) is 11.5 Å². The number of rotatable bonds is 10. The van der Waals surface area contributed by atoms with Gasteiger partial charge in [0.25, 0.3) is 5.91 Å². The molecule has 0 aliphatic heterocycles. The zero-order valence-corrected chi connectivity index (χ0v) is 17.4. The largest absolute Gasteiger partial charge is 0.496 e. The number of hydrogen-bond acceptors (Lipinski definition) is 5. The van der Waals surface area contributed by atoms with Crippen LogP contribution in [0.2, 0.25) is 0 Å². The summed E-state index contributed by atoms with van der Waals surface area (Å²) < 4.78 is 15.7. The van der Waals surface area contributed by atoms with Gasteiger partial charge in [-0.1, -0.05) is 18.2 Å². The molecule has 0 atom stereocenters. The molecule has 0 unspecified atom stereocenters. The minimum atomic E-state index is -0.261. The maximum Gasteiger partial charge on any atom is 0.255 e. The monoisotopic (exact) mass is 400 g/mol. The lowest BCUT2D eigenvalue weighted by Crippen LogP contribution is -2.33. The molecule has 2 amide bonds. The first kappa shape index (κ1) is 22.1. The van der Waals surface area contributed by atoms with Gasteiger partial charge in [0.2, 0.25) is 5.91 Å². The normalized spacial score (nSPS) is 10.2. The van der Waals surface area contributed by atoms with Crippen LogP contribution < -0.4 is 19.5 Å². The van der Waals surface area contributed by atoms with E-state index < -0.39 is 0 Å². The number of hydrogen-bond donors (Lipinski definition) is 1. The molecule has 2 aromatic carbocycles. The molecule has 0 aliphatic carbocycles. The summed E-state index contributed by atoms with van der Waals surface area (Å²) in [7, 11) is 6.46. The second kappa shape index (κ2) is 10.9. The van der Waals surface area contributed by atoms with Crippen LogP contribution in [0.25, 0.3) is 0 Å². The number of carbonyl (C=O) groups is 2. The van der Waals surface area contributed by atoms with Crippen LogP contribution in [0.5, 0.6) is 17.2 Å². The minimum Gasteiger partial charge on any atom is -0.496 e. The highest BCUT2D eigenvalue weighted by Crippen LogP contribution is 2.27. The number of amides is 2. The molecule has 0 saturated heterocycles. The van der Waals surface area contributed by atoms with E-state index >= 15 is 0 Å². The molecule has 7 nitrogen and oxygen atoms in total. The first-order chi connectivity index (χ1) is 14.0. The van der Waals surface area contributed by atoms with Crippen molar-refractivity contribution in [2.75, 3.05) is 41.5 Å². The van der Waals surface area contributed by atoms with E-state index in [1.165, 1.54) is 7.11 Å². The third-order valence-corrected chi connectivity index (χ3v) is 4.59. The molecule has 0 heterocycles. The van der Waals surface area contributed by atoms with E-state index in [-0.39, 0.29) is 24.8 Å². The number of methoxy groups -OCH3 is 3. The fourth-order valence-electron chi connectivity index (χ4n) is 2.86. The predicted molar refractivity (Wildman–Crippen MR) is 111 cm³/mol. The van der Waals surface area contributed by atoms with Gasteiger partial charge in [0.05, 0.1) is 26.9 Å². The summed E-state index contributed by atoms with van der Waals surface area (Å²) in [6.07, 6.45) is 0.916. The summed E-state index contributed by atoms with van der Waals surface area (Å²) >= 11 is 0. The lowest BCUT2D eigenvalue weighted by Gasteiger charge is -2.18. The Morgan fingerprint density at radius 1 is 0.931 bits per heavy atom. The van der Waals surface area contributed by atoms with Crippen LogP contribution in [0.15, 0.2) is 42.5 Å². The number of likely N-dealkylation sites (N-methyl/N-ethyl adjacent to an activating group) is 1. The summed E-state index contributed by atoms with van der Waals surface area (Å²) in [5.74, 6) is 1.54. The Morgan fingerprint density at radius 2 is 1.62 bits per heavy atom. The van der Waals surface area contributed by atoms with Gasteiger partial charge in [-0.2, -0.15) is 0 Å². The Kier molecular flexibility index (Phi) is 8.33. The van der Waals surface area contributed by atoms with Crippen LogP contribution in [0.1, 0.15) is 22.3 Å². The summed E-state index contributed by atoms with van der Waals surface area (Å²) in [5.41, 5.74) is 1.50. The average Bonchev–Trinajstić information content (AvgIpc) is 2.76. The van der Waals surface area contributed by atoms with Crippen molar-refractivity contribution in [3.63, 3.8) is 0 Å². The number of nitrogens with zero attached hydrogens (tertiary/aromatic N) is 1. The van der Waals surface area contributed by atoms with Gasteiger partial charge in [-0.15, -0.1) is 0 Å². The van der Waals surface area contributed by atoms with E-state index in [9.17, 15) is 9.59 Å². The van der Waals surface area contributed by atoms with E-state index in [0.29, 0.717) is 35.8 Å². The van der Waals surface area contributed by atoms with Gasteiger partial charge in [-0.25, -0.2) is 0 Å². The highest BCUT2D eigenvalue weighted by atomic mass is 16.5. The Balaban J connectivity index is 1.80. The van der Waals surface area contributed by atoms with Crippen molar-refractivity contribution >= 4 is 11.8 Å². The molecule has 0 spiro atoms. The van der Waals surface area contributed by atoms with Gasteiger partial charge in [-0.05, 0) is 36.2 Å². The first-order valence-electron chi connectivity index (χ1n) is 9.36. The molecular weight excluding hydrogens is 372 g/mol. The predicted octanol–water partition coefficient (Wildman–Crippen LogP) is 2.53. The number of nitrogens with one attached hydrogen (secondary N) is 1. The maximum atomic E-state index is 12.3. The van der Waals surface area contributed by atoms with E-state index in [1.807, 2.05) is 18.2 Å². The Hall–Kier alpha value is -3.22. The van der Waals surface area contributed by atoms with E-state index in [4.69, 9.17) is 14.2 Å². The Labute approximate surface area is 171 Å². The van der Waals surface area contributed by atoms with Crippen molar-refractivity contribution < 1.29 is 23.8 Å². The maximum absolute atomic E-state index is 12.3. The number of ether oxygens (including phenoxy) is 3. The molecule has 7 heteroatoms. The summed E-state index contributed by atoms with van der Waals surface area (Å²) in [6.45, 7) is 0.825. The molecule has 29 heavy (non-hydrogen) atoms. The van der Waals surface area contributed by atoms with Gasteiger partial charge in [0, 0.05) is 26.6 Å². The highest BCUT2D eigenvalue weighted by Gasteiger charge is 2.13. The molecule has 1 N–H and O–H groups in total.